The lowest BCUT2D eigenvalue weighted by atomic mass is 9.89. The predicted octanol–water partition coefficient (Wildman–Crippen LogP) is 4.41. The van der Waals surface area contributed by atoms with Crippen LogP contribution in [0.3, 0.4) is 0 Å². The molecule has 2 fully saturated rings. The van der Waals surface area contributed by atoms with Crippen molar-refractivity contribution in [2.75, 3.05) is 26.2 Å². The van der Waals surface area contributed by atoms with Gasteiger partial charge in [0.05, 0.1) is 11.0 Å². The number of aryl methyl sites for hydroxylation is 2. The third kappa shape index (κ3) is 6.06. The first-order chi connectivity index (χ1) is 21.3. The molecule has 4 aromatic rings. The van der Waals surface area contributed by atoms with Gasteiger partial charge < -0.3 is 25.2 Å². The molecule has 1 atom stereocenters. The van der Waals surface area contributed by atoms with Crippen LogP contribution in [0.4, 0.5) is 4.79 Å². The molecule has 0 spiro atoms. The van der Waals surface area contributed by atoms with Crippen molar-refractivity contribution in [1.82, 2.24) is 29.7 Å². The van der Waals surface area contributed by atoms with Crippen molar-refractivity contribution in [3.05, 3.63) is 93.7 Å². The van der Waals surface area contributed by atoms with E-state index in [1.807, 2.05) is 84.2 Å². The number of hydrogen-bond acceptors (Lipinski definition) is 5. The molecular formula is C34H40N6O4. The number of H-pyrrole nitrogens is 1. The average Bonchev–Trinajstić information content (AvgIpc) is 3.39. The lowest BCUT2D eigenvalue weighted by Gasteiger charge is -2.36. The van der Waals surface area contributed by atoms with Crippen LogP contribution in [0.2, 0.25) is 0 Å². The molecule has 10 nitrogen and oxygen atoms in total. The Hall–Kier alpha value is -4.60. The van der Waals surface area contributed by atoms with Gasteiger partial charge in [-0.15, -0.1) is 0 Å². The van der Waals surface area contributed by atoms with E-state index in [0.29, 0.717) is 51.4 Å². The molecule has 3 N–H and O–H groups in total. The van der Waals surface area contributed by atoms with E-state index in [-0.39, 0.29) is 29.4 Å². The minimum Gasteiger partial charge on any atom is -0.507 e. The van der Waals surface area contributed by atoms with Gasteiger partial charge in [0.1, 0.15) is 11.8 Å². The Morgan fingerprint density at radius 3 is 2.27 bits per heavy atom. The minimum atomic E-state index is -0.739. The molecule has 0 radical (unpaired) electrons. The van der Waals surface area contributed by atoms with Gasteiger partial charge >= 0.3 is 11.7 Å². The number of carbonyl (C=O) groups excluding carboxylic acids is 2. The van der Waals surface area contributed by atoms with Crippen LogP contribution in [0.25, 0.3) is 11.0 Å². The monoisotopic (exact) mass is 596 g/mol. The Morgan fingerprint density at radius 1 is 0.955 bits per heavy atom. The molecule has 10 heteroatoms. The van der Waals surface area contributed by atoms with E-state index in [4.69, 9.17) is 0 Å². The first kappa shape index (κ1) is 29.5. The van der Waals surface area contributed by atoms with Crippen LogP contribution in [0.15, 0.2) is 65.7 Å². The number of rotatable bonds is 6. The summed E-state index contributed by atoms with van der Waals surface area (Å²) >= 11 is 0. The molecule has 230 valence electrons. The van der Waals surface area contributed by atoms with Crippen molar-refractivity contribution in [2.45, 2.75) is 64.0 Å². The van der Waals surface area contributed by atoms with Gasteiger partial charge in [0.2, 0.25) is 5.91 Å². The molecule has 2 aliphatic rings. The van der Waals surface area contributed by atoms with Crippen molar-refractivity contribution in [3.8, 4) is 5.75 Å². The van der Waals surface area contributed by atoms with Gasteiger partial charge in [0.25, 0.3) is 0 Å². The van der Waals surface area contributed by atoms with Crippen molar-refractivity contribution in [2.24, 2.45) is 0 Å². The number of fused-ring (bicyclic) bond motifs is 1. The lowest BCUT2D eigenvalue weighted by Crippen LogP contribution is -2.55. The van der Waals surface area contributed by atoms with E-state index in [2.05, 4.69) is 15.3 Å². The minimum absolute atomic E-state index is 0.00947. The van der Waals surface area contributed by atoms with Crippen molar-refractivity contribution in [1.29, 1.82) is 0 Å². The highest BCUT2D eigenvalue weighted by Gasteiger charge is 2.33. The maximum atomic E-state index is 14.0. The highest BCUT2D eigenvalue weighted by molar-refractivity contribution is 5.87. The van der Waals surface area contributed by atoms with E-state index >= 15 is 0 Å². The standard InChI is InChI=1S/C34H40N6O4/c1-22-19-24(20-23(2)31(22)41)21-29(32(42)38-15-9-26(10-16-38)25-7-13-35-14-8-25)37-33(43)39-17-11-27(12-18-39)40-30-6-4-3-5-28(30)36-34(40)44/h3-8,13-14,19-20,26-27,29,41H,9-12,15-18,21H2,1-2H3,(H,36,44)(H,37,43). The summed E-state index contributed by atoms with van der Waals surface area (Å²) in [6, 6.07) is 14.5. The third-order valence-electron chi connectivity index (χ3n) is 9.31. The van der Waals surface area contributed by atoms with Crippen LogP contribution in [0, 0.1) is 13.8 Å². The molecule has 3 amide bonds. The molecule has 6 rings (SSSR count). The molecule has 1 unspecified atom stereocenters. The summed E-state index contributed by atoms with van der Waals surface area (Å²) in [6.07, 6.45) is 6.95. The highest BCUT2D eigenvalue weighted by atomic mass is 16.3. The van der Waals surface area contributed by atoms with Crippen molar-refractivity contribution >= 4 is 23.0 Å². The molecule has 0 bridgehead atoms. The number of nitrogens with zero attached hydrogens (tertiary/aromatic N) is 4. The zero-order valence-electron chi connectivity index (χ0n) is 25.3. The first-order valence-corrected chi connectivity index (χ1v) is 15.5. The lowest BCUT2D eigenvalue weighted by molar-refractivity contribution is -0.134. The first-order valence-electron chi connectivity index (χ1n) is 15.5. The number of imidazole rings is 1. The molecule has 2 saturated heterocycles. The SMILES string of the molecule is Cc1cc(CC(NC(=O)N2CCC(n3c(=O)[nH]c4ccccc43)CC2)C(=O)N2CCC(c3ccncc3)CC2)cc(C)c1O. The molecule has 0 saturated carbocycles. The summed E-state index contributed by atoms with van der Waals surface area (Å²) < 4.78 is 1.81. The van der Waals surface area contributed by atoms with Gasteiger partial charge in [-0.2, -0.15) is 0 Å². The molecule has 44 heavy (non-hydrogen) atoms. The quantitative estimate of drug-likeness (QED) is 0.304. The zero-order chi connectivity index (χ0) is 30.8. The fourth-order valence-corrected chi connectivity index (χ4v) is 6.89. The van der Waals surface area contributed by atoms with Crippen molar-refractivity contribution < 1.29 is 14.7 Å². The smallest absolute Gasteiger partial charge is 0.326 e. The number of benzene rings is 2. The van der Waals surface area contributed by atoms with E-state index < -0.39 is 6.04 Å². The zero-order valence-corrected chi connectivity index (χ0v) is 25.3. The topological polar surface area (TPSA) is 124 Å². The summed E-state index contributed by atoms with van der Waals surface area (Å²) in [7, 11) is 0. The predicted molar refractivity (Wildman–Crippen MR) is 169 cm³/mol. The summed E-state index contributed by atoms with van der Waals surface area (Å²) in [5, 5.41) is 13.4. The second kappa shape index (κ2) is 12.6. The fourth-order valence-electron chi connectivity index (χ4n) is 6.89. The molecular weight excluding hydrogens is 556 g/mol. The number of aromatic amines is 1. The van der Waals surface area contributed by atoms with Gasteiger partial charge in [0, 0.05) is 51.0 Å². The number of aromatic nitrogens is 3. The fraction of sp³-hybridized carbons (Fsp3) is 0.412. The Kier molecular flexibility index (Phi) is 8.41. The summed E-state index contributed by atoms with van der Waals surface area (Å²) in [4.78, 5) is 51.0. The number of carbonyl (C=O) groups is 2. The second-order valence-electron chi connectivity index (χ2n) is 12.2. The van der Waals surface area contributed by atoms with Crippen molar-refractivity contribution in [3.63, 3.8) is 0 Å². The van der Waals surface area contributed by atoms with Gasteiger partial charge in [-0.05, 0) is 92.0 Å². The van der Waals surface area contributed by atoms with Gasteiger partial charge in [-0.3, -0.25) is 14.3 Å². The van der Waals surface area contributed by atoms with Crippen LogP contribution in [-0.2, 0) is 11.2 Å². The van der Waals surface area contributed by atoms with Gasteiger partial charge in [-0.1, -0.05) is 24.3 Å². The van der Waals surface area contributed by atoms with Crippen LogP contribution in [0.1, 0.15) is 59.9 Å². The Bertz CT molecular complexity index is 1670. The Morgan fingerprint density at radius 2 is 1.59 bits per heavy atom. The van der Waals surface area contributed by atoms with Crippen LogP contribution in [-0.4, -0.2) is 73.6 Å². The summed E-state index contributed by atoms with van der Waals surface area (Å²) in [5.41, 5.74) is 5.16. The van der Waals surface area contributed by atoms with Gasteiger partial charge in [0.15, 0.2) is 0 Å². The normalized spacial score (nSPS) is 17.1. The van der Waals surface area contributed by atoms with E-state index in [0.717, 1.165) is 40.6 Å². The molecule has 0 aliphatic carbocycles. The van der Waals surface area contributed by atoms with Crippen LogP contribution >= 0.6 is 0 Å². The number of likely N-dealkylation sites (tertiary alicyclic amines) is 2. The number of phenolic OH excluding ortho intramolecular Hbond substituents is 1. The average molecular weight is 597 g/mol. The maximum Gasteiger partial charge on any atom is 0.326 e. The van der Waals surface area contributed by atoms with E-state index in [1.165, 1.54) is 5.56 Å². The van der Waals surface area contributed by atoms with Crippen LogP contribution < -0.4 is 11.0 Å². The number of phenols is 1. The number of nitrogens with one attached hydrogen (secondary N) is 2. The van der Waals surface area contributed by atoms with Crippen LogP contribution in [0.5, 0.6) is 5.75 Å². The summed E-state index contributed by atoms with van der Waals surface area (Å²) in [5.74, 6) is 0.537. The number of amides is 3. The maximum absolute atomic E-state index is 14.0. The van der Waals surface area contributed by atoms with E-state index in [1.54, 1.807) is 4.90 Å². The summed E-state index contributed by atoms with van der Waals surface area (Å²) in [6.45, 7) is 5.89. The molecule has 2 aromatic carbocycles. The van der Waals surface area contributed by atoms with Gasteiger partial charge in [-0.25, -0.2) is 9.59 Å². The molecule has 4 heterocycles. The number of para-hydroxylation sites is 2. The third-order valence-corrected chi connectivity index (χ3v) is 9.31. The molecule has 2 aromatic heterocycles. The Balaban J connectivity index is 1.14. The molecule has 2 aliphatic heterocycles. The number of aromatic hydroxyl groups is 1. The number of piperidine rings is 2. The van der Waals surface area contributed by atoms with E-state index in [9.17, 15) is 19.5 Å². The number of pyridine rings is 1. The second-order valence-corrected chi connectivity index (χ2v) is 12.2. The number of urea groups is 1. The largest absolute Gasteiger partial charge is 0.507 e. The highest BCUT2D eigenvalue weighted by Crippen LogP contribution is 2.29. The Labute approximate surface area is 256 Å². The number of hydrogen-bond donors (Lipinski definition) is 3.